The summed E-state index contributed by atoms with van der Waals surface area (Å²) in [5.74, 6) is 0. The lowest BCUT2D eigenvalue weighted by Crippen LogP contribution is -2.44. The van der Waals surface area contributed by atoms with E-state index in [9.17, 15) is 0 Å². The summed E-state index contributed by atoms with van der Waals surface area (Å²) in [5, 5.41) is 0. The van der Waals surface area contributed by atoms with Crippen molar-refractivity contribution >= 4 is 0 Å². The average molecular weight is 189 g/mol. The third-order valence-corrected chi connectivity index (χ3v) is 2.18. The molecule has 0 saturated carbocycles. The van der Waals surface area contributed by atoms with E-state index < -0.39 is 0 Å². The Hall–Kier alpha value is -0.160. The lowest BCUT2D eigenvalue weighted by Gasteiger charge is -2.28. The summed E-state index contributed by atoms with van der Waals surface area (Å²) in [6.07, 6.45) is 1.89. The highest BCUT2D eigenvalue weighted by atomic mass is 16.5. The first-order chi connectivity index (χ1) is 6.34. The third-order valence-electron chi connectivity index (χ3n) is 2.18. The Morgan fingerprint density at radius 1 is 1.46 bits per heavy atom. The van der Waals surface area contributed by atoms with Gasteiger partial charge in [-0.05, 0) is 12.8 Å². The van der Waals surface area contributed by atoms with Gasteiger partial charge in [0.05, 0.1) is 12.7 Å². The predicted octanol–water partition coefficient (Wildman–Crippen LogP) is 0.156. The molecule has 1 aliphatic rings. The molecular formula is C9H19NO3. The highest BCUT2D eigenvalue weighted by Crippen LogP contribution is 2.09. The normalized spacial score (nSPS) is 29.1. The van der Waals surface area contributed by atoms with E-state index >= 15 is 0 Å². The molecule has 1 aliphatic heterocycles. The van der Waals surface area contributed by atoms with Gasteiger partial charge in [0.1, 0.15) is 0 Å². The molecule has 13 heavy (non-hydrogen) atoms. The minimum Gasteiger partial charge on any atom is -0.385 e. The monoisotopic (exact) mass is 189 g/mol. The maximum absolute atomic E-state index is 5.86. The van der Waals surface area contributed by atoms with E-state index in [1.54, 1.807) is 7.11 Å². The molecule has 4 nitrogen and oxygen atoms in total. The Labute approximate surface area is 79.3 Å². The second-order valence-electron chi connectivity index (χ2n) is 3.28. The molecule has 1 saturated heterocycles. The average Bonchev–Trinajstić information content (AvgIpc) is 2.15. The third kappa shape index (κ3) is 4.04. The molecular weight excluding hydrogens is 170 g/mol. The van der Waals surface area contributed by atoms with Crippen molar-refractivity contribution in [1.82, 2.24) is 0 Å². The molecule has 0 spiro atoms. The van der Waals surface area contributed by atoms with Gasteiger partial charge in [0.15, 0.2) is 0 Å². The maximum Gasteiger partial charge on any atom is 0.0959 e. The van der Waals surface area contributed by atoms with Crippen LogP contribution in [0.2, 0.25) is 0 Å². The van der Waals surface area contributed by atoms with Crippen molar-refractivity contribution in [2.24, 2.45) is 5.73 Å². The van der Waals surface area contributed by atoms with Gasteiger partial charge in [0.2, 0.25) is 0 Å². The van der Waals surface area contributed by atoms with Gasteiger partial charge in [-0.1, -0.05) is 0 Å². The summed E-state index contributed by atoms with van der Waals surface area (Å²) in [5.41, 5.74) is 5.86. The first kappa shape index (κ1) is 10.9. The van der Waals surface area contributed by atoms with Gasteiger partial charge in [-0.15, -0.1) is 0 Å². The zero-order valence-electron chi connectivity index (χ0n) is 8.20. The molecule has 0 bridgehead atoms. The van der Waals surface area contributed by atoms with Crippen molar-refractivity contribution in [2.45, 2.75) is 25.0 Å². The van der Waals surface area contributed by atoms with E-state index in [2.05, 4.69) is 0 Å². The van der Waals surface area contributed by atoms with E-state index in [4.69, 9.17) is 19.9 Å². The van der Waals surface area contributed by atoms with Gasteiger partial charge in [0, 0.05) is 33.0 Å². The molecule has 1 rings (SSSR count). The number of ether oxygens (including phenoxy) is 3. The number of rotatable bonds is 5. The Morgan fingerprint density at radius 3 is 3.00 bits per heavy atom. The molecule has 1 fully saturated rings. The molecule has 78 valence electrons. The Balaban J connectivity index is 2.05. The summed E-state index contributed by atoms with van der Waals surface area (Å²) in [6, 6.07) is 0.135. The highest BCUT2D eigenvalue weighted by molar-refractivity contribution is 4.76. The molecule has 0 aromatic rings. The van der Waals surface area contributed by atoms with Crippen molar-refractivity contribution in [1.29, 1.82) is 0 Å². The number of methoxy groups -OCH3 is 1. The zero-order valence-corrected chi connectivity index (χ0v) is 8.20. The molecule has 2 atom stereocenters. The summed E-state index contributed by atoms with van der Waals surface area (Å²) in [6.45, 7) is 2.84. The fraction of sp³-hybridized carbons (Fsp3) is 1.00. The molecule has 1 heterocycles. The first-order valence-electron chi connectivity index (χ1n) is 4.78. The lowest BCUT2D eigenvalue weighted by molar-refractivity contribution is -0.0640. The molecule has 4 heteroatoms. The van der Waals surface area contributed by atoms with Crippen LogP contribution in [-0.2, 0) is 14.2 Å². The quantitative estimate of drug-likeness (QED) is 0.626. The second-order valence-corrected chi connectivity index (χ2v) is 3.28. The summed E-state index contributed by atoms with van der Waals surface area (Å²) in [4.78, 5) is 0. The van der Waals surface area contributed by atoms with Crippen LogP contribution < -0.4 is 5.73 Å². The van der Waals surface area contributed by atoms with Crippen molar-refractivity contribution in [3.8, 4) is 0 Å². The smallest absolute Gasteiger partial charge is 0.0959 e. The number of hydrogen-bond acceptors (Lipinski definition) is 4. The van der Waals surface area contributed by atoms with Crippen LogP contribution in [0.1, 0.15) is 12.8 Å². The zero-order chi connectivity index (χ0) is 9.52. The molecule has 0 aliphatic carbocycles. The van der Waals surface area contributed by atoms with Crippen LogP contribution in [0, 0.1) is 0 Å². The number of nitrogens with two attached hydrogens (primary N) is 1. The minimum atomic E-state index is 0.0746. The van der Waals surface area contributed by atoms with Gasteiger partial charge in [-0.2, -0.15) is 0 Å². The van der Waals surface area contributed by atoms with Crippen LogP contribution in [-0.4, -0.2) is 45.7 Å². The molecule has 2 unspecified atom stereocenters. The predicted molar refractivity (Wildman–Crippen MR) is 49.6 cm³/mol. The van der Waals surface area contributed by atoms with Crippen LogP contribution in [0.4, 0.5) is 0 Å². The van der Waals surface area contributed by atoms with E-state index in [0.29, 0.717) is 13.2 Å². The van der Waals surface area contributed by atoms with Crippen LogP contribution in [0.15, 0.2) is 0 Å². The largest absolute Gasteiger partial charge is 0.385 e. The molecule has 0 radical (unpaired) electrons. The van der Waals surface area contributed by atoms with Gasteiger partial charge in [-0.25, -0.2) is 0 Å². The first-order valence-corrected chi connectivity index (χ1v) is 4.78. The minimum absolute atomic E-state index is 0.0746. The maximum atomic E-state index is 5.86. The van der Waals surface area contributed by atoms with E-state index in [0.717, 1.165) is 26.1 Å². The second kappa shape index (κ2) is 6.32. The van der Waals surface area contributed by atoms with E-state index in [1.165, 1.54) is 0 Å². The van der Waals surface area contributed by atoms with Crippen molar-refractivity contribution in [2.75, 3.05) is 33.5 Å². The van der Waals surface area contributed by atoms with E-state index in [-0.39, 0.29) is 12.1 Å². The van der Waals surface area contributed by atoms with Gasteiger partial charge in [-0.3, -0.25) is 0 Å². The fourth-order valence-corrected chi connectivity index (χ4v) is 1.34. The summed E-state index contributed by atoms with van der Waals surface area (Å²) >= 11 is 0. The topological polar surface area (TPSA) is 53.7 Å². The van der Waals surface area contributed by atoms with Gasteiger partial charge < -0.3 is 19.9 Å². The fourth-order valence-electron chi connectivity index (χ4n) is 1.34. The highest BCUT2D eigenvalue weighted by Gasteiger charge is 2.22. The van der Waals surface area contributed by atoms with E-state index in [1.807, 2.05) is 0 Å². The van der Waals surface area contributed by atoms with Gasteiger partial charge >= 0.3 is 0 Å². The molecule has 0 aromatic heterocycles. The van der Waals surface area contributed by atoms with Crippen LogP contribution in [0.3, 0.4) is 0 Å². The summed E-state index contributed by atoms with van der Waals surface area (Å²) < 4.78 is 15.8. The molecule has 2 N–H and O–H groups in total. The molecule has 0 amide bonds. The van der Waals surface area contributed by atoms with Crippen LogP contribution in [0.25, 0.3) is 0 Å². The SMILES string of the molecule is COCCCOC1COCCC1N. The van der Waals surface area contributed by atoms with Crippen molar-refractivity contribution in [3.05, 3.63) is 0 Å². The Bertz CT molecular complexity index is 132. The number of hydrogen-bond donors (Lipinski definition) is 1. The Morgan fingerprint density at radius 2 is 2.31 bits per heavy atom. The van der Waals surface area contributed by atoms with Crippen LogP contribution >= 0.6 is 0 Å². The Kier molecular flexibility index (Phi) is 5.31. The summed E-state index contributed by atoms with van der Waals surface area (Å²) in [7, 11) is 1.69. The standard InChI is InChI=1S/C9H19NO3/c1-11-4-2-5-13-9-7-12-6-3-8(9)10/h8-9H,2-7,10H2,1H3. The van der Waals surface area contributed by atoms with Crippen LogP contribution in [0.5, 0.6) is 0 Å². The lowest BCUT2D eigenvalue weighted by atomic mass is 10.1. The van der Waals surface area contributed by atoms with Crippen molar-refractivity contribution < 1.29 is 14.2 Å². The molecule has 0 aromatic carbocycles. The van der Waals surface area contributed by atoms with Gasteiger partial charge in [0.25, 0.3) is 0 Å². The van der Waals surface area contributed by atoms with Crippen molar-refractivity contribution in [3.63, 3.8) is 0 Å².